The van der Waals surface area contributed by atoms with Crippen LogP contribution in [0, 0.1) is 6.92 Å². The summed E-state index contributed by atoms with van der Waals surface area (Å²) in [5.74, 6) is 0. The first-order valence-corrected chi connectivity index (χ1v) is 6.26. The van der Waals surface area contributed by atoms with Crippen LogP contribution in [0.5, 0.6) is 0 Å². The van der Waals surface area contributed by atoms with E-state index < -0.39 is 0 Å². The Kier molecular flexibility index (Phi) is 2.40. The first-order chi connectivity index (χ1) is 8.23. The molecule has 2 heterocycles. The minimum atomic E-state index is 0.140. The van der Waals surface area contributed by atoms with Gasteiger partial charge in [-0.15, -0.1) is 0 Å². The third kappa shape index (κ3) is 1.63. The number of hydrogen-bond donors (Lipinski definition) is 1. The molecule has 4 nitrogen and oxygen atoms in total. The molecule has 3 rings (SSSR count). The van der Waals surface area contributed by atoms with E-state index in [1.54, 1.807) is 0 Å². The molecule has 0 bridgehead atoms. The van der Waals surface area contributed by atoms with Crippen molar-refractivity contribution in [3.8, 4) is 0 Å². The minimum absolute atomic E-state index is 0.140. The monoisotopic (exact) mass is 230 g/mol. The highest BCUT2D eigenvalue weighted by Crippen LogP contribution is 2.39. The normalized spacial score (nSPS) is 18.9. The van der Waals surface area contributed by atoms with Gasteiger partial charge in [-0.3, -0.25) is 0 Å². The number of fused-ring (bicyclic) bond motifs is 1. The number of hydrogen-bond acceptors (Lipinski definition) is 3. The van der Waals surface area contributed by atoms with Crippen molar-refractivity contribution in [3.63, 3.8) is 0 Å². The second-order valence-corrected chi connectivity index (χ2v) is 5.12. The Balaban J connectivity index is 2.10. The van der Waals surface area contributed by atoms with Gasteiger partial charge in [0.05, 0.1) is 5.69 Å². The number of rotatable bonds is 2. The Hall–Kier alpha value is -1.42. The van der Waals surface area contributed by atoms with Crippen LogP contribution in [-0.4, -0.2) is 21.1 Å². The smallest absolute Gasteiger partial charge is 0.155 e. The van der Waals surface area contributed by atoms with E-state index in [1.807, 2.05) is 23.7 Å². The highest BCUT2D eigenvalue weighted by atomic mass is 15.2. The van der Waals surface area contributed by atoms with Crippen LogP contribution in [0.2, 0.25) is 0 Å². The van der Waals surface area contributed by atoms with Gasteiger partial charge in [0.25, 0.3) is 0 Å². The summed E-state index contributed by atoms with van der Waals surface area (Å²) in [7, 11) is 0. The average molecular weight is 230 g/mol. The minimum Gasteiger partial charge on any atom is -0.330 e. The third-order valence-corrected chi connectivity index (χ3v) is 4.00. The van der Waals surface area contributed by atoms with Gasteiger partial charge in [0.2, 0.25) is 0 Å². The molecule has 0 aromatic carbocycles. The van der Waals surface area contributed by atoms with E-state index in [9.17, 15) is 0 Å². The number of aryl methyl sites for hydroxylation is 1. The Morgan fingerprint density at radius 1 is 1.41 bits per heavy atom. The predicted octanol–water partition coefficient (Wildman–Crippen LogP) is 1.81. The molecular weight excluding hydrogens is 212 g/mol. The van der Waals surface area contributed by atoms with Crippen LogP contribution in [0.3, 0.4) is 0 Å². The number of nitrogens with two attached hydrogens (primary N) is 1. The lowest BCUT2D eigenvalue weighted by molar-refractivity contribution is 0.448. The van der Waals surface area contributed by atoms with Crippen molar-refractivity contribution in [2.24, 2.45) is 5.73 Å². The zero-order chi connectivity index (χ0) is 11.9. The summed E-state index contributed by atoms with van der Waals surface area (Å²) in [5.41, 5.74) is 9.29. The lowest BCUT2D eigenvalue weighted by atomic mass is 9.80. The van der Waals surface area contributed by atoms with Crippen LogP contribution in [0.1, 0.15) is 36.9 Å². The van der Waals surface area contributed by atoms with Crippen LogP contribution in [0.4, 0.5) is 0 Å². The van der Waals surface area contributed by atoms with Crippen LogP contribution in [0.25, 0.3) is 5.65 Å². The molecule has 1 saturated carbocycles. The summed E-state index contributed by atoms with van der Waals surface area (Å²) in [6, 6.07) is 1.99. The summed E-state index contributed by atoms with van der Waals surface area (Å²) in [6.07, 6.45) is 8.98. The van der Waals surface area contributed by atoms with E-state index >= 15 is 0 Å². The van der Waals surface area contributed by atoms with E-state index in [2.05, 4.69) is 16.3 Å². The summed E-state index contributed by atoms with van der Waals surface area (Å²) in [4.78, 5) is 4.48. The Morgan fingerprint density at radius 2 is 2.18 bits per heavy atom. The molecular formula is C13H18N4. The fraction of sp³-hybridized carbons (Fsp3) is 0.538. The molecule has 0 saturated heterocycles. The molecule has 0 atom stereocenters. The fourth-order valence-electron chi connectivity index (χ4n) is 2.93. The maximum atomic E-state index is 5.99. The molecule has 0 amide bonds. The molecule has 0 unspecified atom stereocenters. The maximum absolute atomic E-state index is 5.99. The summed E-state index contributed by atoms with van der Waals surface area (Å²) < 4.78 is 1.88. The first kappa shape index (κ1) is 10.7. The second kappa shape index (κ2) is 3.81. The molecule has 0 aliphatic heterocycles. The summed E-state index contributed by atoms with van der Waals surface area (Å²) in [6.45, 7) is 2.70. The molecule has 17 heavy (non-hydrogen) atoms. The van der Waals surface area contributed by atoms with Gasteiger partial charge < -0.3 is 5.73 Å². The topological polar surface area (TPSA) is 56.2 Å². The van der Waals surface area contributed by atoms with Gasteiger partial charge >= 0.3 is 0 Å². The van der Waals surface area contributed by atoms with Gasteiger partial charge in [0.1, 0.15) is 0 Å². The summed E-state index contributed by atoms with van der Waals surface area (Å²) in [5, 5.41) is 4.42. The number of nitrogens with zero attached hydrogens (tertiary/aromatic N) is 3. The van der Waals surface area contributed by atoms with E-state index in [1.165, 1.54) is 31.2 Å². The van der Waals surface area contributed by atoms with Crippen molar-refractivity contribution in [1.29, 1.82) is 0 Å². The molecule has 2 N–H and O–H groups in total. The van der Waals surface area contributed by atoms with Crippen LogP contribution >= 0.6 is 0 Å². The molecule has 90 valence electrons. The standard InChI is InChI=1S/C13H18N4/c1-10-6-12-15-7-11(8-17(12)16-10)13(9-14)4-2-3-5-13/h6-8H,2-5,9,14H2,1H3. The van der Waals surface area contributed by atoms with Gasteiger partial charge in [-0.2, -0.15) is 5.10 Å². The van der Waals surface area contributed by atoms with Gasteiger partial charge in [-0.25, -0.2) is 9.50 Å². The first-order valence-electron chi connectivity index (χ1n) is 6.26. The zero-order valence-corrected chi connectivity index (χ0v) is 10.2. The molecule has 1 aliphatic carbocycles. The van der Waals surface area contributed by atoms with E-state index in [0.717, 1.165) is 11.3 Å². The Bertz CT molecular complexity index is 537. The van der Waals surface area contributed by atoms with Crippen molar-refractivity contribution < 1.29 is 0 Å². The zero-order valence-electron chi connectivity index (χ0n) is 10.2. The van der Waals surface area contributed by atoms with Gasteiger partial charge in [0, 0.05) is 30.4 Å². The molecule has 2 aromatic rings. The number of aromatic nitrogens is 3. The SMILES string of the molecule is Cc1cc2ncc(C3(CN)CCCC3)cn2n1. The molecule has 0 spiro atoms. The average Bonchev–Trinajstić information content (AvgIpc) is 2.93. The maximum Gasteiger partial charge on any atom is 0.155 e. The largest absolute Gasteiger partial charge is 0.330 e. The molecule has 0 radical (unpaired) electrons. The highest BCUT2D eigenvalue weighted by molar-refractivity contribution is 5.40. The van der Waals surface area contributed by atoms with Crippen molar-refractivity contribution in [3.05, 3.63) is 29.7 Å². The van der Waals surface area contributed by atoms with Crippen molar-refractivity contribution in [2.45, 2.75) is 38.0 Å². The van der Waals surface area contributed by atoms with Gasteiger partial charge in [-0.1, -0.05) is 12.8 Å². The fourth-order valence-corrected chi connectivity index (χ4v) is 2.93. The molecule has 4 heteroatoms. The molecule has 1 fully saturated rings. The molecule has 2 aromatic heterocycles. The van der Waals surface area contributed by atoms with Crippen molar-refractivity contribution in [2.75, 3.05) is 6.54 Å². The molecule has 1 aliphatic rings. The van der Waals surface area contributed by atoms with Crippen LogP contribution in [0.15, 0.2) is 18.5 Å². The van der Waals surface area contributed by atoms with Gasteiger partial charge in [-0.05, 0) is 25.3 Å². The summed E-state index contributed by atoms with van der Waals surface area (Å²) >= 11 is 0. The van der Waals surface area contributed by atoms with Crippen molar-refractivity contribution in [1.82, 2.24) is 14.6 Å². The van der Waals surface area contributed by atoms with E-state index in [-0.39, 0.29) is 5.41 Å². The quantitative estimate of drug-likeness (QED) is 0.856. The third-order valence-electron chi connectivity index (χ3n) is 4.00. The lowest BCUT2D eigenvalue weighted by Gasteiger charge is -2.27. The van der Waals surface area contributed by atoms with Crippen LogP contribution in [-0.2, 0) is 5.41 Å². The lowest BCUT2D eigenvalue weighted by Crippen LogP contribution is -2.32. The van der Waals surface area contributed by atoms with Gasteiger partial charge in [0.15, 0.2) is 5.65 Å². The van der Waals surface area contributed by atoms with E-state index in [4.69, 9.17) is 5.73 Å². The van der Waals surface area contributed by atoms with E-state index in [0.29, 0.717) is 6.54 Å². The Labute approximate surface area is 101 Å². The second-order valence-electron chi connectivity index (χ2n) is 5.12. The van der Waals surface area contributed by atoms with Crippen LogP contribution < -0.4 is 5.73 Å². The Morgan fingerprint density at radius 3 is 2.88 bits per heavy atom. The predicted molar refractivity (Wildman–Crippen MR) is 66.9 cm³/mol. The highest BCUT2D eigenvalue weighted by Gasteiger charge is 2.34. The van der Waals surface area contributed by atoms with Crippen molar-refractivity contribution >= 4 is 5.65 Å².